The highest BCUT2D eigenvalue weighted by Gasteiger charge is 2.18. The summed E-state index contributed by atoms with van der Waals surface area (Å²) in [6.07, 6.45) is 5.34. The molecule has 0 aliphatic heterocycles. The first-order valence-electron chi connectivity index (χ1n) is 7.27. The van der Waals surface area contributed by atoms with E-state index in [1.54, 1.807) is 24.3 Å². The van der Waals surface area contributed by atoms with Crippen LogP contribution in [0.5, 0.6) is 5.75 Å². The monoisotopic (exact) mass is 291 g/mol. The van der Waals surface area contributed by atoms with Gasteiger partial charge in [0.15, 0.2) is 6.61 Å². The van der Waals surface area contributed by atoms with E-state index < -0.39 is 5.97 Å². The molecule has 0 heterocycles. The Labute approximate surface area is 124 Å². The van der Waals surface area contributed by atoms with Gasteiger partial charge in [-0.3, -0.25) is 4.79 Å². The van der Waals surface area contributed by atoms with Crippen LogP contribution in [0.15, 0.2) is 24.3 Å². The number of ether oxygens (including phenoxy) is 2. The summed E-state index contributed by atoms with van der Waals surface area (Å²) in [5.41, 5.74) is 0.681. The summed E-state index contributed by atoms with van der Waals surface area (Å²) in [5, 5.41) is 2.88. The van der Waals surface area contributed by atoms with Crippen molar-refractivity contribution in [3.8, 4) is 5.75 Å². The molecule has 0 saturated heterocycles. The number of anilines is 1. The van der Waals surface area contributed by atoms with E-state index in [1.807, 2.05) is 0 Å². The Morgan fingerprint density at radius 3 is 2.76 bits per heavy atom. The quantitative estimate of drug-likeness (QED) is 0.818. The highest BCUT2D eigenvalue weighted by atomic mass is 16.6. The maximum absolute atomic E-state index is 12.0. The van der Waals surface area contributed by atoms with Crippen molar-refractivity contribution < 1.29 is 19.1 Å². The SMILES string of the molecule is COC(=O)COc1cccc(NC(=O)CC2CCCC2)c1. The van der Waals surface area contributed by atoms with Gasteiger partial charge in [-0.2, -0.15) is 0 Å². The van der Waals surface area contributed by atoms with Crippen LogP contribution in [0.1, 0.15) is 32.1 Å². The van der Waals surface area contributed by atoms with Crippen molar-refractivity contribution >= 4 is 17.6 Å². The van der Waals surface area contributed by atoms with Crippen molar-refractivity contribution in [2.45, 2.75) is 32.1 Å². The lowest BCUT2D eigenvalue weighted by Gasteiger charge is -2.11. The van der Waals surface area contributed by atoms with Crippen LogP contribution >= 0.6 is 0 Å². The third-order valence-corrected chi connectivity index (χ3v) is 3.65. The predicted octanol–water partition coefficient (Wildman–Crippen LogP) is 2.76. The summed E-state index contributed by atoms with van der Waals surface area (Å²) in [5.74, 6) is 0.639. The van der Waals surface area contributed by atoms with Crippen molar-refractivity contribution in [2.75, 3.05) is 19.0 Å². The van der Waals surface area contributed by atoms with Crippen LogP contribution in [0.25, 0.3) is 0 Å². The second-order valence-corrected chi connectivity index (χ2v) is 5.30. The van der Waals surface area contributed by atoms with Crippen LogP contribution < -0.4 is 10.1 Å². The predicted molar refractivity (Wildman–Crippen MR) is 79.2 cm³/mol. The standard InChI is InChI=1S/C16H21NO4/c1-20-16(19)11-21-14-8-4-7-13(10-14)17-15(18)9-12-5-2-3-6-12/h4,7-8,10,12H,2-3,5-6,9,11H2,1H3,(H,17,18). The summed E-state index contributed by atoms with van der Waals surface area (Å²) in [6, 6.07) is 7.01. The molecule has 0 spiro atoms. The van der Waals surface area contributed by atoms with Gasteiger partial charge in [0.25, 0.3) is 0 Å². The van der Waals surface area contributed by atoms with Gasteiger partial charge in [0, 0.05) is 18.2 Å². The Morgan fingerprint density at radius 2 is 2.05 bits per heavy atom. The Kier molecular flexibility index (Phi) is 5.60. The first-order chi connectivity index (χ1) is 10.2. The Bertz CT molecular complexity index is 495. The lowest BCUT2D eigenvalue weighted by molar-refractivity contribution is -0.142. The summed E-state index contributed by atoms with van der Waals surface area (Å²) < 4.78 is 9.80. The van der Waals surface area contributed by atoms with E-state index in [4.69, 9.17) is 4.74 Å². The molecule has 1 fully saturated rings. The van der Waals surface area contributed by atoms with Gasteiger partial charge < -0.3 is 14.8 Å². The second-order valence-electron chi connectivity index (χ2n) is 5.30. The molecule has 1 N–H and O–H groups in total. The van der Waals surface area contributed by atoms with E-state index in [0.717, 1.165) is 12.8 Å². The third kappa shape index (κ3) is 5.10. The molecule has 2 rings (SSSR count). The molecule has 1 aromatic rings. The van der Waals surface area contributed by atoms with E-state index in [9.17, 15) is 9.59 Å². The first-order valence-corrected chi connectivity index (χ1v) is 7.27. The molecule has 5 heteroatoms. The van der Waals surface area contributed by atoms with Gasteiger partial charge in [0.1, 0.15) is 5.75 Å². The molecule has 5 nitrogen and oxygen atoms in total. The minimum absolute atomic E-state index is 0.0343. The molecule has 1 aromatic carbocycles. The largest absolute Gasteiger partial charge is 0.482 e. The number of hydrogen-bond donors (Lipinski definition) is 1. The fraction of sp³-hybridized carbons (Fsp3) is 0.500. The van der Waals surface area contributed by atoms with Crippen molar-refractivity contribution in [3.05, 3.63) is 24.3 Å². The molecule has 0 aromatic heterocycles. The van der Waals surface area contributed by atoms with Crippen molar-refractivity contribution in [1.29, 1.82) is 0 Å². The maximum atomic E-state index is 12.0. The zero-order valence-electron chi connectivity index (χ0n) is 12.3. The van der Waals surface area contributed by atoms with E-state index in [-0.39, 0.29) is 12.5 Å². The number of esters is 1. The van der Waals surface area contributed by atoms with E-state index in [0.29, 0.717) is 23.8 Å². The number of hydrogen-bond acceptors (Lipinski definition) is 4. The molecule has 114 valence electrons. The van der Waals surface area contributed by atoms with Crippen molar-refractivity contribution in [1.82, 2.24) is 0 Å². The number of carbonyl (C=O) groups excluding carboxylic acids is 2. The number of methoxy groups -OCH3 is 1. The summed E-state index contributed by atoms with van der Waals surface area (Å²) in [4.78, 5) is 23.0. The smallest absolute Gasteiger partial charge is 0.343 e. The van der Waals surface area contributed by atoms with Gasteiger partial charge in [-0.1, -0.05) is 18.9 Å². The van der Waals surface area contributed by atoms with Gasteiger partial charge in [-0.25, -0.2) is 4.79 Å². The normalized spacial score (nSPS) is 14.7. The average Bonchev–Trinajstić information content (AvgIpc) is 2.97. The summed E-state index contributed by atoms with van der Waals surface area (Å²) in [6.45, 7) is -0.143. The number of rotatable bonds is 6. The maximum Gasteiger partial charge on any atom is 0.343 e. The molecular formula is C16H21NO4. The number of nitrogens with one attached hydrogen (secondary N) is 1. The second kappa shape index (κ2) is 7.67. The highest BCUT2D eigenvalue weighted by molar-refractivity contribution is 5.91. The lowest BCUT2D eigenvalue weighted by atomic mass is 10.0. The van der Waals surface area contributed by atoms with Gasteiger partial charge >= 0.3 is 5.97 Å². The Hall–Kier alpha value is -2.04. The minimum atomic E-state index is -0.439. The van der Waals surface area contributed by atoms with E-state index >= 15 is 0 Å². The van der Waals surface area contributed by atoms with Gasteiger partial charge in [0.2, 0.25) is 5.91 Å². The average molecular weight is 291 g/mol. The molecule has 1 amide bonds. The van der Waals surface area contributed by atoms with Crippen LogP contribution in [0, 0.1) is 5.92 Å². The number of benzene rings is 1. The zero-order valence-corrected chi connectivity index (χ0v) is 12.3. The minimum Gasteiger partial charge on any atom is -0.482 e. The third-order valence-electron chi connectivity index (χ3n) is 3.65. The van der Waals surface area contributed by atoms with Crippen LogP contribution in [0.2, 0.25) is 0 Å². The molecule has 0 bridgehead atoms. The molecule has 0 unspecified atom stereocenters. The van der Waals surface area contributed by atoms with Crippen LogP contribution in [0.4, 0.5) is 5.69 Å². The molecule has 1 aliphatic rings. The molecule has 1 saturated carbocycles. The number of carbonyl (C=O) groups is 2. The molecule has 21 heavy (non-hydrogen) atoms. The molecule has 1 aliphatic carbocycles. The fourth-order valence-electron chi connectivity index (χ4n) is 2.55. The topological polar surface area (TPSA) is 64.6 Å². The highest BCUT2D eigenvalue weighted by Crippen LogP contribution is 2.28. The molecular weight excluding hydrogens is 270 g/mol. The van der Waals surface area contributed by atoms with Crippen LogP contribution in [0.3, 0.4) is 0 Å². The fourth-order valence-corrected chi connectivity index (χ4v) is 2.55. The zero-order chi connectivity index (χ0) is 15.1. The number of amides is 1. The van der Waals surface area contributed by atoms with E-state index in [2.05, 4.69) is 10.1 Å². The summed E-state index contributed by atoms with van der Waals surface area (Å²) >= 11 is 0. The Balaban J connectivity index is 1.84. The first kappa shape index (κ1) is 15.4. The summed E-state index contributed by atoms with van der Waals surface area (Å²) in [7, 11) is 1.31. The van der Waals surface area contributed by atoms with Crippen molar-refractivity contribution in [3.63, 3.8) is 0 Å². The van der Waals surface area contributed by atoms with Crippen molar-refractivity contribution in [2.24, 2.45) is 5.92 Å². The Morgan fingerprint density at radius 1 is 1.29 bits per heavy atom. The van der Waals surface area contributed by atoms with Gasteiger partial charge in [-0.05, 0) is 30.9 Å². The molecule has 0 radical (unpaired) electrons. The molecule has 0 atom stereocenters. The van der Waals surface area contributed by atoms with Crippen LogP contribution in [-0.2, 0) is 14.3 Å². The lowest BCUT2D eigenvalue weighted by Crippen LogP contribution is -2.15. The van der Waals surface area contributed by atoms with E-state index in [1.165, 1.54) is 20.0 Å². The van der Waals surface area contributed by atoms with Gasteiger partial charge in [0.05, 0.1) is 7.11 Å². The van der Waals surface area contributed by atoms with Gasteiger partial charge in [-0.15, -0.1) is 0 Å². The van der Waals surface area contributed by atoms with Crippen LogP contribution in [-0.4, -0.2) is 25.6 Å².